The smallest absolute Gasteiger partial charge is 0.253 e. The minimum absolute atomic E-state index is 0.0633. The molecule has 2 amide bonds. The second kappa shape index (κ2) is 11.6. The van der Waals surface area contributed by atoms with E-state index in [1.807, 2.05) is 55.5 Å². The van der Waals surface area contributed by atoms with Crippen molar-refractivity contribution in [1.82, 2.24) is 5.32 Å². The van der Waals surface area contributed by atoms with Crippen LogP contribution in [0.15, 0.2) is 72.8 Å². The molecule has 37 heavy (non-hydrogen) atoms. The number of ether oxygens (including phenoxy) is 1. The molecule has 192 valence electrons. The molecule has 1 saturated heterocycles. The van der Waals surface area contributed by atoms with Gasteiger partial charge in [0.1, 0.15) is 0 Å². The maximum Gasteiger partial charge on any atom is 0.253 e. The van der Waals surface area contributed by atoms with Crippen LogP contribution in [0.2, 0.25) is 0 Å². The lowest BCUT2D eigenvalue weighted by Crippen LogP contribution is -2.35. The van der Waals surface area contributed by atoms with Gasteiger partial charge in [-0.15, -0.1) is 0 Å². The summed E-state index contributed by atoms with van der Waals surface area (Å²) in [6.07, 6.45) is 3.68. The second-order valence-electron chi connectivity index (χ2n) is 9.88. The third kappa shape index (κ3) is 5.86. The fourth-order valence-corrected chi connectivity index (χ4v) is 5.37. The molecule has 0 spiro atoms. The quantitative estimate of drug-likeness (QED) is 0.444. The molecule has 6 heteroatoms. The number of benzene rings is 3. The number of carbonyl (C=O) groups excluding carboxylic acids is 2. The molecule has 3 aromatic carbocycles. The lowest BCUT2D eigenvalue weighted by molar-refractivity contribution is -0.117. The summed E-state index contributed by atoms with van der Waals surface area (Å²) in [5.41, 5.74) is 5.71. The molecule has 0 bridgehead atoms. The van der Waals surface area contributed by atoms with E-state index in [1.54, 1.807) is 0 Å². The molecule has 2 unspecified atom stereocenters. The number of nitrogens with zero attached hydrogens (tertiary/aromatic N) is 1. The van der Waals surface area contributed by atoms with Gasteiger partial charge in [-0.2, -0.15) is 0 Å². The van der Waals surface area contributed by atoms with Crippen molar-refractivity contribution in [3.8, 4) is 0 Å². The summed E-state index contributed by atoms with van der Waals surface area (Å²) >= 11 is 0. The van der Waals surface area contributed by atoms with Crippen molar-refractivity contribution in [2.45, 2.75) is 51.2 Å². The summed E-state index contributed by atoms with van der Waals surface area (Å²) in [5, 5.41) is 6.14. The minimum atomic E-state index is -0.253. The van der Waals surface area contributed by atoms with E-state index in [9.17, 15) is 9.59 Å². The third-order valence-corrected chi connectivity index (χ3v) is 7.42. The topological polar surface area (TPSA) is 70.7 Å². The Labute approximate surface area is 219 Å². The molecule has 0 radical (unpaired) electrons. The largest absolute Gasteiger partial charge is 0.376 e. The first-order valence-corrected chi connectivity index (χ1v) is 13.3. The molecular formula is C31H35N3O3. The van der Waals surface area contributed by atoms with E-state index in [0.717, 1.165) is 50.2 Å². The zero-order valence-corrected chi connectivity index (χ0v) is 21.4. The van der Waals surface area contributed by atoms with Gasteiger partial charge in [-0.05, 0) is 60.6 Å². The van der Waals surface area contributed by atoms with Crippen LogP contribution in [0.4, 0.5) is 11.4 Å². The van der Waals surface area contributed by atoms with Crippen LogP contribution in [0.1, 0.15) is 59.2 Å². The van der Waals surface area contributed by atoms with E-state index in [2.05, 4.69) is 39.8 Å². The van der Waals surface area contributed by atoms with E-state index in [0.29, 0.717) is 24.2 Å². The fraction of sp³-hybridized carbons (Fsp3) is 0.355. The van der Waals surface area contributed by atoms with Crippen LogP contribution in [0.5, 0.6) is 0 Å². The number of rotatable bonds is 8. The zero-order chi connectivity index (χ0) is 25.6. The van der Waals surface area contributed by atoms with Gasteiger partial charge in [0, 0.05) is 37.6 Å². The highest BCUT2D eigenvalue weighted by Gasteiger charge is 2.24. The monoisotopic (exact) mass is 497 g/mol. The fourth-order valence-electron chi connectivity index (χ4n) is 5.37. The van der Waals surface area contributed by atoms with Gasteiger partial charge in [0.05, 0.1) is 17.6 Å². The molecule has 6 nitrogen and oxygen atoms in total. The maximum atomic E-state index is 13.5. The van der Waals surface area contributed by atoms with Gasteiger partial charge >= 0.3 is 0 Å². The lowest BCUT2D eigenvalue weighted by atomic mass is 9.95. The Bertz CT molecular complexity index is 1240. The summed E-state index contributed by atoms with van der Waals surface area (Å²) in [6, 6.07) is 24.0. The van der Waals surface area contributed by atoms with Gasteiger partial charge in [0.15, 0.2) is 0 Å². The molecule has 2 heterocycles. The highest BCUT2D eigenvalue weighted by Crippen LogP contribution is 2.30. The number of hydrogen-bond donors (Lipinski definition) is 2. The van der Waals surface area contributed by atoms with Crippen molar-refractivity contribution in [2.75, 3.05) is 29.9 Å². The number of hydrogen-bond acceptors (Lipinski definition) is 4. The van der Waals surface area contributed by atoms with Crippen LogP contribution in [-0.2, 0) is 22.5 Å². The van der Waals surface area contributed by atoms with Crippen molar-refractivity contribution in [2.24, 2.45) is 0 Å². The number of nitrogens with one attached hydrogen (secondary N) is 2. The van der Waals surface area contributed by atoms with Gasteiger partial charge in [0.2, 0.25) is 5.91 Å². The van der Waals surface area contributed by atoms with Crippen molar-refractivity contribution in [1.29, 1.82) is 0 Å². The summed E-state index contributed by atoms with van der Waals surface area (Å²) in [6.45, 7) is 4.84. The minimum Gasteiger partial charge on any atom is -0.376 e. The highest BCUT2D eigenvalue weighted by atomic mass is 16.5. The zero-order valence-electron chi connectivity index (χ0n) is 21.4. The van der Waals surface area contributed by atoms with Crippen LogP contribution < -0.4 is 15.5 Å². The van der Waals surface area contributed by atoms with Crippen LogP contribution >= 0.6 is 0 Å². The van der Waals surface area contributed by atoms with Crippen molar-refractivity contribution in [3.05, 3.63) is 95.1 Å². The Morgan fingerprint density at radius 2 is 1.81 bits per heavy atom. The van der Waals surface area contributed by atoms with E-state index >= 15 is 0 Å². The van der Waals surface area contributed by atoms with Crippen LogP contribution in [0.25, 0.3) is 0 Å². The number of amides is 2. The Balaban J connectivity index is 1.39. The van der Waals surface area contributed by atoms with Gasteiger partial charge in [-0.1, -0.05) is 61.5 Å². The molecule has 2 aliphatic heterocycles. The second-order valence-corrected chi connectivity index (χ2v) is 9.88. The standard InChI is InChI=1S/C31H35N3O3/c1-2-27(23-10-4-3-5-11-23)31(36)33-25-14-15-29(34-17-16-22-9-6-7-12-24(22)21-34)28(19-25)30(35)32-20-26-13-8-18-37-26/h3-7,9-12,14-15,19,26-27H,2,8,13,16-18,20-21H2,1H3,(H,32,35)(H,33,36). The Morgan fingerprint density at radius 3 is 2.57 bits per heavy atom. The summed E-state index contributed by atoms with van der Waals surface area (Å²) in [4.78, 5) is 28.9. The Morgan fingerprint density at radius 1 is 1.03 bits per heavy atom. The maximum absolute atomic E-state index is 13.5. The van der Waals surface area contributed by atoms with Crippen molar-refractivity contribution < 1.29 is 14.3 Å². The normalized spacial score (nSPS) is 17.6. The molecule has 2 atom stereocenters. The SMILES string of the molecule is CCC(C(=O)Nc1ccc(N2CCc3ccccc3C2)c(C(=O)NCC2CCCO2)c1)c1ccccc1. The molecule has 0 saturated carbocycles. The molecule has 3 aromatic rings. The van der Waals surface area contributed by atoms with Gasteiger partial charge in [-0.3, -0.25) is 9.59 Å². The van der Waals surface area contributed by atoms with E-state index in [4.69, 9.17) is 4.74 Å². The van der Waals surface area contributed by atoms with Gasteiger partial charge in [-0.25, -0.2) is 0 Å². The molecule has 0 aliphatic carbocycles. The third-order valence-electron chi connectivity index (χ3n) is 7.42. The first-order valence-electron chi connectivity index (χ1n) is 13.3. The predicted octanol–water partition coefficient (Wildman–Crippen LogP) is 5.29. The van der Waals surface area contributed by atoms with Gasteiger partial charge < -0.3 is 20.3 Å². The Kier molecular flexibility index (Phi) is 7.85. The summed E-state index contributed by atoms with van der Waals surface area (Å²) < 4.78 is 5.70. The first kappa shape index (κ1) is 25.0. The number of anilines is 2. The van der Waals surface area contributed by atoms with Crippen LogP contribution in [0.3, 0.4) is 0 Å². The predicted molar refractivity (Wildman–Crippen MR) is 147 cm³/mol. The first-order chi connectivity index (χ1) is 18.1. The lowest BCUT2D eigenvalue weighted by Gasteiger charge is -2.32. The molecule has 2 aliphatic rings. The van der Waals surface area contributed by atoms with E-state index in [1.165, 1.54) is 11.1 Å². The number of fused-ring (bicyclic) bond motifs is 1. The van der Waals surface area contributed by atoms with E-state index in [-0.39, 0.29) is 23.8 Å². The molecule has 2 N–H and O–H groups in total. The average Bonchev–Trinajstić information content (AvgIpc) is 3.46. The highest BCUT2D eigenvalue weighted by molar-refractivity contribution is 6.03. The molecular weight excluding hydrogens is 462 g/mol. The van der Waals surface area contributed by atoms with E-state index < -0.39 is 0 Å². The Hall–Kier alpha value is -3.64. The molecule has 1 fully saturated rings. The molecule has 0 aromatic heterocycles. The van der Waals surface area contributed by atoms with Crippen molar-refractivity contribution in [3.63, 3.8) is 0 Å². The summed E-state index contributed by atoms with van der Waals surface area (Å²) in [7, 11) is 0. The summed E-state index contributed by atoms with van der Waals surface area (Å²) in [5.74, 6) is -0.467. The average molecular weight is 498 g/mol. The number of carbonyl (C=O) groups is 2. The molecule has 5 rings (SSSR count). The van der Waals surface area contributed by atoms with Gasteiger partial charge in [0.25, 0.3) is 5.91 Å². The van der Waals surface area contributed by atoms with Crippen molar-refractivity contribution >= 4 is 23.2 Å². The van der Waals surface area contributed by atoms with Crippen LogP contribution in [0, 0.1) is 0 Å². The van der Waals surface area contributed by atoms with Crippen LogP contribution in [-0.4, -0.2) is 37.6 Å².